The van der Waals surface area contributed by atoms with Gasteiger partial charge in [-0.3, -0.25) is 4.79 Å². The average Bonchev–Trinajstić information content (AvgIpc) is 2.93. The zero-order chi connectivity index (χ0) is 17.0. The molecule has 0 fully saturated rings. The van der Waals surface area contributed by atoms with E-state index >= 15 is 0 Å². The minimum absolute atomic E-state index is 0.0238. The maximum atomic E-state index is 13.3. The van der Waals surface area contributed by atoms with Gasteiger partial charge in [-0.1, -0.05) is 5.21 Å². The molecule has 0 aliphatic rings. The quantitative estimate of drug-likeness (QED) is 0.670. The molecular formula is C13H12F4N4O2. The Hall–Kier alpha value is -2.49. The van der Waals surface area contributed by atoms with E-state index in [1.807, 2.05) is 0 Å². The van der Waals surface area contributed by atoms with E-state index < -0.39 is 29.3 Å². The summed E-state index contributed by atoms with van der Waals surface area (Å²) >= 11 is 0. The maximum absolute atomic E-state index is 13.3. The molecule has 0 saturated heterocycles. The number of halogens is 4. The highest BCUT2D eigenvalue weighted by atomic mass is 19.4. The van der Waals surface area contributed by atoms with Gasteiger partial charge in [-0.2, -0.15) is 13.2 Å². The van der Waals surface area contributed by atoms with Crippen molar-refractivity contribution < 1.29 is 27.1 Å². The van der Waals surface area contributed by atoms with Crippen LogP contribution in [0.15, 0.2) is 24.3 Å². The molecule has 0 aliphatic heterocycles. The van der Waals surface area contributed by atoms with Gasteiger partial charge in [0.2, 0.25) is 0 Å². The third kappa shape index (κ3) is 3.83. The van der Waals surface area contributed by atoms with E-state index in [2.05, 4.69) is 15.6 Å². The highest BCUT2D eigenvalue weighted by molar-refractivity contribution is 5.93. The minimum atomic E-state index is -4.87. The summed E-state index contributed by atoms with van der Waals surface area (Å²) in [5, 5.41) is 8.92. The van der Waals surface area contributed by atoms with Crippen LogP contribution in [0, 0.1) is 5.82 Å². The van der Waals surface area contributed by atoms with Crippen LogP contribution < -0.4 is 5.32 Å². The Morgan fingerprint density at radius 3 is 2.52 bits per heavy atom. The fourth-order valence-electron chi connectivity index (χ4n) is 1.80. The van der Waals surface area contributed by atoms with Crippen LogP contribution in [0.2, 0.25) is 0 Å². The lowest BCUT2D eigenvalue weighted by Crippen LogP contribution is -2.29. The van der Waals surface area contributed by atoms with Crippen molar-refractivity contribution in [2.45, 2.75) is 6.18 Å². The van der Waals surface area contributed by atoms with Gasteiger partial charge in [-0.25, -0.2) is 9.07 Å². The molecule has 1 aromatic heterocycles. The summed E-state index contributed by atoms with van der Waals surface area (Å²) in [6, 6.07) is 4.17. The molecule has 124 valence electrons. The molecular weight excluding hydrogens is 320 g/mol. The van der Waals surface area contributed by atoms with Crippen molar-refractivity contribution in [3.63, 3.8) is 0 Å². The second-order valence-electron chi connectivity index (χ2n) is 4.42. The van der Waals surface area contributed by atoms with Crippen molar-refractivity contribution in [2.75, 3.05) is 20.3 Å². The fourth-order valence-corrected chi connectivity index (χ4v) is 1.80. The van der Waals surface area contributed by atoms with Crippen molar-refractivity contribution in [2.24, 2.45) is 0 Å². The van der Waals surface area contributed by atoms with E-state index in [0.29, 0.717) is 4.68 Å². The normalized spacial score (nSPS) is 11.5. The van der Waals surface area contributed by atoms with Gasteiger partial charge in [0, 0.05) is 13.7 Å². The van der Waals surface area contributed by atoms with Crippen molar-refractivity contribution in [3.8, 4) is 5.69 Å². The number of carbonyl (C=O) groups is 1. The second-order valence-corrected chi connectivity index (χ2v) is 4.42. The summed E-state index contributed by atoms with van der Waals surface area (Å²) in [4.78, 5) is 11.8. The molecule has 2 rings (SSSR count). The van der Waals surface area contributed by atoms with Crippen LogP contribution in [0.1, 0.15) is 16.2 Å². The standard InChI is InChI=1S/C13H12F4N4O2/c1-23-7-6-18-12(22)10-11(13(15,16)17)21(20-19-10)9-4-2-8(14)3-5-9/h2-5H,6-7H2,1H3,(H,18,22). The summed E-state index contributed by atoms with van der Waals surface area (Å²) < 4.78 is 57.9. The van der Waals surface area contributed by atoms with Crippen LogP contribution in [-0.2, 0) is 10.9 Å². The first-order valence-electron chi connectivity index (χ1n) is 6.40. The Kier molecular flexibility index (Phi) is 4.94. The molecule has 0 saturated carbocycles. The summed E-state index contributed by atoms with van der Waals surface area (Å²) in [5.74, 6) is -1.64. The van der Waals surface area contributed by atoms with Crippen LogP contribution in [0.3, 0.4) is 0 Å². The van der Waals surface area contributed by atoms with E-state index in [0.717, 1.165) is 24.3 Å². The number of ether oxygens (including phenoxy) is 1. The highest BCUT2D eigenvalue weighted by Crippen LogP contribution is 2.32. The van der Waals surface area contributed by atoms with Crippen molar-refractivity contribution >= 4 is 5.91 Å². The number of carbonyl (C=O) groups excluding carboxylic acids is 1. The second kappa shape index (κ2) is 6.73. The topological polar surface area (TPSA) is 69.0 Å². The Labute approximate surface area is 128 Å². The lowest BCUT2D eigenvalue weighted by atomic mass is 10.2. The maximum Gasteiger partial charge on any atom is 0.435 e. The van der Waals surface area contributed by atoms with Crippen molar-refractivity contribution in [3.05, 3.63) is 41.5 Å². The molecule has 1 amide bonds. The van der Waals surface area contributed by atoms with Gasteiger partial charge < -0.3 is 10.1 Å². The van der Waals surface area contributed by atoms with Crippen LogP contribution >= 0.6 is 0 Å². The number of hydrogen-bond donors (Lipinski definition) is 1. The number of alkyl halides is 3. The van der Waals surface area contributed by atoms with Crippen molar-refractivity contribution in [1.82, 2.24) is 20.3 Å². The zero-order valence-corrected chi connectivity index (χ0v) is 11.9. The molecule has 2 aromatic rings. The van der Waals surface area contributed by atoms with Crippen LogP contribution in [0.5, 0.6) is 0 Å². The van der Waals surface area contributed by atoms with E-state index in [4.69, 9.17) is 4.74 Å². The van der Waals surface area contributed by atoms with Crippen LogP contribution in [0.25, 0.3) is 5.69 Å². The first-order valence-corrected chi connectivity index (χ1v) is 6.40. The first-order chi connectivity index (χ1) is 10.8. The minimum Gasteiger partial charge on any atom is -0.383 e. The third-order valence-corrected chi connectivity index (χ3v) is 2.82. The zero-order valence-electron chi connectivity index (χ0n) is 11.9. The Balaban J connectivity index is 2.41. The molecule has 1 N–H and O–H groups in total. The number of rotatable bonds is 5. The molecule has 1 heterocycles. The SMILES string of the molecule is COCCNC(=O)c1nnn(-c2ccc(F)cc2)c1C(F)(F)F. The smallest absolute Gasteiger partial charge is 0.383 e. The monoisotopic (exact) mass is 332 g/mol. The molecule has 0 aliphatic carbocycles. The highest BCUT2D eigenvalue weighted by Gasteiger charge is 2.41. The molecule has 0 atom stereocenters. The van der Waals surface area contributed by atoms with E-state index in [1.165, 1.54) is 7.11 Å². The van der Waals surface area contributed by atoms with Gasteiger partial charge in [0.05, 0.1) is 12.3 Å². The molecule has 0 radical (unpaired) electrons. The summed E-state index contributed by atoms with van der Waals surface area (Å²) in [7, 11) is 1.39. The summed E-state index contributed by atoms with van der Waals surface area (Å²) in [6.07, 6.45) is -4.87. The first kappa shape index (κ1) is 16.9. The number of hydrogen-bond acceptors (Lipinski definition) is 4. The van der Waals surface area contributed by atoms with Crippen molar-refractivity contribution in [1.29, 1.82) is 0 Å². The lowest BCUT2D eigenvalue weighted by Gasteiger charge is -2.11. The number of amides is 1. The molecule has 0 bridgehead atoms. The Morgan fingerprint density at radius 1 is 1.30 bits per heavy atom. The fraction of sp³-hybridized carbons (Fsp3) is 0.308. The number of benzene rings is 1. The molecule has 6 nitrogen and oxygen atoms in total. The summed E-state index contributed by atoms with van der Waals surface area (Å²) in [5.41, 5.74) is -2.26. The van der Waals surface area contributed by atoms with Gasteiger partial charge in [-0.05, 0) is 24.3 Å². The van der Waals surface area contributed by atoms with E-state index in [9.17, 15) is 22.4 Å². The van der Waals surface area contributed by atoms with Gasteiger partial charge in [-0.15, -0.1) is 5.10 Å². The molecule has 0 spiro atoms. The Bertz CT molecular complexity index is 682. The van der Waals surface area contributed by atoms with Gasteiger partial charge in [0.15, 0.2) is 11.4 Å². The summed E-state index contributed by atoms with van der Waals surface area (Å²) in [6.45, 7) is 0.162. The third-order valence-electron chi connectivity index (χ3n) is 2.82. The lowest BCUT2D eigenvalue weighted by molar-refractivity contribution is -0.143. The van der Waals surface area contributed by atoms with Gasteiger partial charge in [0.1, 0.15) is 5.82 Å². The van der Waals surface area contributed by atoms with Crippen LogP contribution in [0.4, 0.5) is 17.6 Å². The van der Waals surface area contributed by atoms with E-state index in [-0.39, 0.29) is 18.8 Å². The molecule has 1 aromatic carbocycles. The molecule has 0 unspecified atom stereocenters. The predicted octanol–water partition coefficient (Wildman–Crippen LogP) is 1.80. The number of nitrogens with zero attached hydrogens (tertiary/aromatic N) is 3. The molecule has 10 heteroatoms. The van der Waals surface area contributed by atoms with Gasteiger partial charge in [0.25, 0.3) is 5.91 Å². The van der Waals surface area contributed by atoms with Gasteiger partial charge >= 0.3 is 6.18 Å². The largest absolute Gasteiger partial charge is 0.435 e. The average molecular weight is 332 g/mol. The van der Waals surface area contributed by atoms with E-state index in [1.54, 1.807) is 0 Å². The predicted molar refractivity (Wildman–Crippen MR) is 70.5 cm³/mol. The number of aromatic nitrogens is 3. The number of nitrogens with one attached hydrogen (secondary N) is 1. The van der Waals surface area contributed by atoms with Crippen LogP contribution in [-0.4, -0.2) is 41.2 Å². The Morgan fingerprint density at radius 2 is 1.96 bits per heavy atom. The number of methoxy groups -OCH3 is 1. The molecule has 23 heavy (non-hydrogen) atoms.